The van der Waals surface area contributed by atoms with Gasteiger partial charge < -0.3 is 10.6 Å². The number of carbonyl (C=O) groups is 1. The maximum atomic E-state index is 12.4. The molecular formula is C13H17BrN2O. The predicted molar refractivity (Wildman–Crippen MR) is 72.9 cm³/mol. The van der Waals surface area contributed by atoms with Crippen LogP contribution in [0.1, 0.15) is 36.5 Å². The minimum absolute atomic E-state index is 0.0688. The van der Waals surface area contributed by atoms with E-state index in [0.717, 1.165) is 30.3 Å². The molecule has 2 rings (SSSR count). The SMILES string of the molecule is CCCN(C(=O)c1ccc(Br)cc1N)C1CC1. The summed E-state index contributed by atoms with van der Waals surface area (Å²) in [7, 11) is 0. The van der Waals surface area contributed by atoms with Crippen molar-refractivity contribution in [2.75, 3.05) is 12.3 Å². The largest absolute Gasteiger partial charge is 0.398 e. The van der Waals surface area contributed by atoms with Crippen LogP contribution in [0.4, 0.5) is 5.69 Å². The molecule has 1 aliphatic carbocycles. The maximum absolute atomic E-state index is 12.4. The van der Waals surface area contributed by atoms with Gasteiger partial charge in [0.05, 0.1) is 5.56 Å². The maximum Gasteiger partial charge on any atom is 0.256 e. The topological polar surface area (TPSA) is 46.3 Å². The number of amides is 1. The van der Waals surface area contributed by atoms with Gasteiger partial charge in [0.15, 0.2) is 0 Å². The van der Waals surface area contributed by atoms with Crippen LogP contribution in [0.5, 0.6) is 0 Å². The Kier molecular flexibility index (Phi) is 3.72. The number of halogens is 1. The van der Waals surface area contributed by atoms with Crippen LogP contribution in [0.25, 0.3) is 0 Å². The fourth-order valence-electron chi connectivity index (χ4n) is 1.96. The van der Waals surface area contributed by atoms with Crippen molar-refractivity contribution < 1.29 is 4.79 Å². The lowest BCUT2D eigenvalue weighted by Gasteiger charge is -2.22. The van der Waals surface area contributed by atoms with Gasteiger partial charge in [-0.2, -0.15) is 0 Å². The number of hydrogen-bond acceptors (Lipinski definition) is 2. The Morgan fingerprint density at radius 1 is 1.53 bits per heavy atom. The van der Waals surface area contributed by atoms with E-state index in [2.05, 4.69) is 22.9 Å². The van der Waals surface area contributed by atoms with Crippen LogP contribution >= 0.6 is 15.9 Å². The summed E-state index contributed by atoms with van der Waals surface area (Å²) in [5, 5.41) is 0. The molecule has 0 aromatic heterocycles. The zero-order chi connectivity index (χ0) is 12.4. The Morgan fingerprint density at radius 2 is 2.24 bits per heavy atom. The normalized spacial score (nSPS) is 14.7. The lowest BCUT2D eigenvalue weighted by Crippen LogP contribution is -2.34. The van der Waals surface area contributed by atoms with Crippen LogP contribution in [-0.4, -0.2) is 23.4 Å². The monoisotopic (exact) mass is 296 g/mol. The molecule has 2 N–H and O–H groups in total. The third kappa shape index (κ3) is 2.80. The molecule has 1 amide bonds. The Morgan fingerprint density at radius 3 is 2.76 bits per heavy atom. The van der Waals surface area contributed by atoms with E-state index in [1.54, 1.807) is 12.1 Å². The Labute approximate surface area is 110 Å². The molecule has 1 fully saturated rings. The molecule has 0 atom stereocenters. The number of carbonyl (C=O) groups excluding carboxylic acids is 1. The lowest BCUT2D eigenvalue weighted by atomic mass is 10.1. The standard InChI is InChI=1S/C13H17BrN2O/c1-2-7-16(10-4-5-10)13(17)11-6-3-9(14)8-12(11)15/h3,6,8,10H,2,4-5,7,15H2,1H3. The fraction of sp³-hybridized carbons (Fsp3) is 0.462. The summed E-state index contributed by atoms with van der Waals surface area (Å²) in [5.41, 5.74) is 7.07. The fourth-order valence-corrected chi connectivity index (χ4v) is 2.34. The predicted octanol–water partition coefficient (Wildman–Crippen LogP) is 3.05. The van der Waals surface area contributed by atoms with Crippen LogP contribution in [0, 0.1) is 0 Å². The third-order valence-electron chi connectivity index (χ3n) is 2.96. The molecule has 0 spiro atoms. The summed E-state index contributed by atoms with van der Waals surface area (Å²) < 4.78 is 0.903. The second-order valence-electron chi connectivity index (χ2n) is 4.46. The highest BCUT2D eigenvalue weighted by Gasteiger charge is 2.32. The first-order chi connectivity index (χ1) is 8.13. The minimum atomic E-state index is 0.0688. The van der Waals surface area contributed by atoms with Gasteiger partial charge in [-0.1, -0.05) is 22.9 Å². The summed E-state index contributed by atoms with van der Waals surface area (Å²) in [6.45, 7) is 2.91. The number of nitrogen functional groups attached to an aromatic ring is 1. The number of nitrogens with zero attached hydrogens (tertiary/aromatic N) is 1. The molecule has 3 nitrogen and oxygen atoms in total. The Balaban J connectivity index is 2.22. The van der Waals surface area contributed by atoms with E-state index in [9.17, 15) is 4.79 Å². The van der Waals surface area contributed by atoms with Crippen molar-refractivity contribution in [1.29, 1.82) is 0 Å². The second-order valence-corrected chi connectivity index (χ2v) is 5.38. The number of anilines is 1. The smallest absolute Gasteiger partial charge is 0.256 e. The van der Waals surface area contributed by atoms with Gasteiger partial charge in [-0.05, 0) is 37.5 Å². The number of rotatable bonds is 4. The summed E-state index contributed by atoms with van der Waals surface area (Å²) in [4.78, 5) is 14.3. The van der Waals surface area contributed by atoms with E-state index >= 15 is 0 Å². The second kappa shape index (κ2) is 5.08. The molecule has 0 heterocycles. The number of benzene rings is 1. The highest BCUT2D eigenvalue weighted by atomic mass is 79.9. The van der Waals surface area contributed by atoms with E-state index in [4.69, 9.17) is 5.73 Å². The highest BCUT2D eigenvalue weighted by Crippen LogP contribution is 2.30. The van der Waals surface area contributed by atoms with Crippen molar-refractivity contribution in [2.45, 2.75) is 32.2 Å². The zero-order valence-corrected chi connectivity index (χ0v) is 11.5. The molecule has 1 saturated carbocycles. The van der Waals surface area contributed by atoms with Gasteiger partial charge in [0, 0.05) is 22.7 Å². The van der Waals surface area contributed by atoms with Crippen molar-refractivity contribution in [1.82, 2.24) is 4.90 Å². The molecule has 17 heavy (non-hydrogen) atoms. The van der Waals surface area contributed by atoms with Gasteiger partial charge in [-0.3, -0.25) is 4.79 Å². The molecule has 0 aliphatic heterocycles. The van der Waals surface area contributed by atoms with Crippen LogP contribution in [0.2, 0.25) is 0 Å². The van der Waals surface area contributed by atoms with Gasteiger partial charge in [0.25, 0.3) is 5.91 Å². The molecule has 0 radical (unpaired) electrons. The van der Waals surface area contributed by atoms with Crippen LogP contribution in [0.3, 0.4) is 0 Å². The van der Waals surface area contributed by atoms with Gasteiger partial charge in [0.1, 0.15) is 0 Å². The molecule has 0 saturated heterocycles. The van der Waals surface area contributed by atoms with Gasteiger partial charge in [0.2, 0.25) is 0 Å². The van der Waals surface area contributed by atoms with Crippen molar-refractivity contribution >= 4 is 27.5 Å². The van der Waals surface area contributed by atoms with E-state index in [0.29, 0.717) is 17.3 Å². The van der Waals surface area contributed by atoms with Gasteiger partial charge in [-0.25, -0.2) is 0 Å². The summed E-state index contributed by atoms with van der Waals surface area (Å²) in [6.07, 6.45) is 3.24. The molecule has 92 valence electrons. The quantitative estimate of drug-likeness (QED) is 0.868. The summed E-state index contributed by atoms with van der Waals surface area (Å²) in [6, 6.07) is 5.88. The van der Waals surface area contributed by atoms with Crippen LogP contribution < -0.4 is 5.73 Å². The molecule has 1 aliphatic rings. The van der Waals surface area contributed by atoms with Crippen molar-refractivity contribution in [3.63, 3.8) is 0 Å². The van der Waals surface area contributed by atoms with Crippen molar-refractivity contribution in [3.8, 4) is 0 Å². The minimum Gasteiger partial charge on any atom is -0.398 e. The van der Waals surface area contributed by atoms with Crippen molar-refractivity contribution in [2.24, 2.45) is 0 Å². The first-order valence-corrected chi connectivity index (χ1v) is 6.78. The Bertz CT molecular complexity index is 429. The highest BCUT2D eigenvalue weighted by molar-refractivity contribution is 9.10. The number of nitrogens with two attached hydrogens (primary N) is 1. The van der Waals surface area contributed by atoms with Crippen LogP contribution in [0.15, 0.2) is 22.7 Å². The van der Waals surface area contributed by atoms with Gasteiger partial charge in [-0.15, -0.1) is 0 Å². The first kappa shape index (κ1) is 12.4. The molecule has 4 heteroatoms. The van der Waals surface area contributed by atoms with E-state index in [1.165, 1.54) is 0 Å². The molecule has 0 bridgehead atoms. The summed E-state index contributed by atoms with van der Waals surface area (Å²) >= 11 is 3.35. The molecule has 0 unspecified atom stereocenters. The average Bonchev–Trinajstić information content (AvgIpc) is 3.09. The zero-order valence-electron chi connectivity index (χ0n) is 9.95. The summed E-state index contributed by atoms with van der Waals surface area (Å²) in [5.74, 6) is 0.0688. The molecule has 1 aromatic rings. The van der Waals surface area contributed by atoms with Crippen LogP contribution in [-0.2, 0) is 0 Å². The average molecular weight is 297 g/mol. The van der Waals surface area contributed by atoms with E-state index in [1.807, 2.05) is 11.0 Å². The van der Waals surface area contributed by atoms with Gasteiger partial charge >= 0.3 is 0 Å². The van der Waals surface area contributed by atoms with Crippen molar-refractivity contribution in [3.05, 3.63) is 28.2 Å². The third-order valence-corrected chi connectivity index (χ3v) is 3.45. The molecule has 1 aromatic carbocycles. The lowest BCUT2D eigenvalue weighted by molar-refractivity contribution is 0.0744. The number of hydrogen-bond donors (Lipinski definition) is 1. The van der Waals surface area contributed by atoms with E-state index < -0.39 is 0 Å². The Hall–Kier alpha value is -1.03. The molecular weight excluding hydrogens is 280 g/mol. The first-order valence-electron chi connectivity index (χ1n) is 5.99. The van der Waals surface area contributed by atoms with E-state index in [-0.39, 0.29) is 5.91 Å².